The molecule has 7 heteroatoms. The summed E-state index contributed by atoms with van der Waals surface area (Å²) < 4.78 is 27.2. The van der Waals surface area contributed by atoms with E-state index in [0.29, 0.717) is 24.7 Å². The maximum Gasteiger partial charge on any atom is 0.253 e. The maximum atomic E-state index is 12.8. The molecule has 2 atom stereocenters. The first-order valence-electron chi connectivity index (χ1n) is 7.96. The van der Waals surface area contributed by atoms with Crippen LogP contribution in [0.25, 0.3) is 0 Å². The second kappa shape index (κ2) is 6.22. The molecule has 2 saturated heterocycles. The second-order valence-corrected chi connectivity index (χ2v) is 8.45. The van der Waals surface area contributed by atoms with E-state index in [1.165, 1.54) is 17.0 Å². The van der Waals surface area contributed by atoms with Gasteiger partial charge in [-0.3, -0.25) is 4.79 Å². The Morgan fingerprint density at radius 1 is 1.13 bits per heavy atom. The van der Waals surface area contributed by atoms with E-state index in [-0.39, 0.29) is 16.8 Å². The number of rotatable bonds is 3. The van der Waals surface area contributed by atoms with Crippen LogP contribution in [-0.2, 0) is 10.0 Å². The number of carbonyl (C=O) groups excluding carboxylic acids is 1. The van der Waals surface area contributed by atoms with Crippen LogP contribution in [0.5, 0.6) is 0 Å². The van der Waals surface area contributed by atoms with Gasteiger partial charge in [-0.1, -0.05) is 0 Å². The van der Waals surface area contributed by atoms with Crippen molar-refractivity contribution in [3.8, 4) is 0 Å². The zero-order chi connectivity index (χ0) is 16.6. The summed E-state index contributed by atoms with van der Waals surface area (Å²) in [6.07, 6.45) is 3.03. The summed E-state index contributed by atoms with van der Waals surface area (Å²) in [6.45, 7) is 1.08. The molecule has 1 N–H and O–H groups in total. The van der Waals surface area contributed by atoms with Gasteiger partial charge in [0.15, 0.2) is 0 Å². The van der Waals surface area contributed by atoms with E-state index in [0.717, 1.165) is 19.3 Å². The Bertz CT molecular complexity index is 685. The van der Waals surface area contributed by atoms with Crippen LogP contribution in [0.1, 0.15) is 29.6 Å². The molecule has 0 aliphatic carbocycles. The molecule has 126 valence electrons. The molecule has 6 nitrogen and oxygen atoms in total. The molecule has 0 aromatic heterocycles. The van der Waals surface area contributed by atoms with Crippen LogP contribution in [0, 0.1) is 0 Å². The van der Waals surface area contributed by atoms with Crippen LogP contribution in [0.15, 0.2) is 29.2 Å². The summed E-state index contributed by atoms with van der Waals surface area (Å²) >= 11 is 0. The van der Waals surface area contributed by atoms with Crippen molar-refractivity contribution in [3.05, 3.63) is 29.8 Å². The summed E-state index contributed by atoms with van der Waals surface area (Å²) in [4.78, 5) is 13.6. The van der Waals surface area contributed by atoms with E-state index in [4.69, 9.17) is 0 Å². The Morgan fingerprint density at radius 2 is 1.78 bits per heavy atom. The number of carbonyl (C=O) groups is 1. The molecule has 2 heterocycles. The molecular weight excluding hydrogens is 314 g/mol. The quantitative estimate of drug-likeness (QED) is 0.890. The van der Waals surface area contributed by atoms with Crippen molar-refractivity contribution in [2.45, 2.75) is 36.2 Å². The van der Waals surface area contributed by atoms with Gasteiger partial charge in [-0.25, -0.2) is 8.42 Å². The largest absolute Gasteiger partial charge is 0.345 e. The first kappa shape index (κ1) is 16.4. The van der Waals surface area contributed by atoms with Crippen molar-refractivity contribution in [1.82, 2.24) is 14.5 Å². The van der Waals surface area contributed by atoms with E-state index in [1.807, 2.05) is 0 Å². The van der Waals surface area contributed by atoms with Gasteiger partial charge in [0.25, 0.3) is 5.91 Å². The lowest BCUT2D eigenvalue weighted by Gasteiger charge is -2.23. The zero-order valence-electron chi connectivity index (χ0n) is 13.5. The summed E-state index contributed by atoms with van der Waals surface area (Å²) in [5, 5.41) is 3.49. The summed E-state index contributed by atoms with van der Waals surface area (Å²) in [5.74, 6) is -0.134. The number of amides is 1. The first-order valence-corrected chi connectivity index (χ1v) is 9.40. The molecule has 2 fully saturated rings. The van der Waals surface area contributed by atoms with Crippen molar-refractivity contribution < 1.29 is 13.2 Å². The Kier molecular flexibility index (Phi) is 4.44. The predicted octanol–water partition coefficient (Wildman–Crippen LogP) is 0.903. The smallest absolute Gasteiger partial charge is 0.253 e. The molecule has 2 aliphatic heterocycles. The average Bonchev–Trinajstić information content (AvgIpc) is 2.85. The Balaban J connectivity index is 1.80. The maximum absolute atomic E-state index is 12.8. The zero-order valence-corrected chi connectivity index (χ0v) is 14.3. The summed E-state index contributed by atoms with van der Waals surface area (Å²) in [5.41, 5.74) is 0.491. The van der Waals surface area contributed by atoms with Gasteiger partial charge in [0.05, 0.1) is 4.90 Å². The fourth-order valence-electron chi connectivity index (χ4n) is 3.31. The van der Waals surface area contributed by atoms with Gasteiger partial charge in [0.1, 0.15) is 0 Å². The highest BCUT2D eigenvalue weighted by Gasteiger charge is 2.34. The molecule has 23 heavy (non-hydrogen) atoms. The average molecular weight is 337 g/mol. The molecule has 0 spiro atoms. The molecule has 1 aromatic rings. The molecule has 3 rings (SSSR count). The molecular formula is C16H23N3O3S. The van der Waals surface area contributed by atoms with Gasteiger partial charge in [0.2, 0.25) is 10.0 Å². The highest BCUT2D eigenvalue weighted by molar-refractivity contribution is 7.89. The van der Waals surface area contributed by atoms with E-state index < -0.39 is 10.0 Å². The normalized spacial score (nSPS) is 25.1. The number of hydrogen-bond acceptors (Lipinski definition) is 4. The van der Waals surface area contributed by atoms with Crippen molar-refractivity contribution in [1.29, 1.82) is 0 Å². The van der Waals surface area contributed by atoms with Crippen molar-refractivity contribution in [3.63, 3.8) is 0 Å². The lowest BCUT2D eigenvalue weighted by molar-refractivity contribution is 0.0827. The second-order valence-electron chi connectivity index (χ2n) is 6.51. The minimum atomic E-state index is -3.50. The summed E-state index contributed by atoms with van der Waals surface area (Å²) in [7, 11) is -0.156. The number of hydrogen-bond donors (Lipinski definition) is 1. The van der Waals surface area contributed by atoms with Gasteiger partial charge < -0.3 is 10.2 Å². The van der Waals surface area contributed by atoms with E-state index in [9.17, 15) is 13.2 Å². The molecule has 1 amide bonds. The Labute approximate surface area is 137 Å². The van der Waals surface area contributed by atoms with Gasteiger partial charge in [0, 0.05) is 44.8 Å². The van der Waals surface area contributed by atoms with E-state index >= 15 is 0 Å². The van der Waals surface area contributed by atoms with Crippen molar-refractivity contribution in [2.75, 3.05) is 27.2 Å². The number of nitrogens with zero attached hydrogens (tertiary/aromatic N) is 2. The SMILES string of the molecule is CN(C)C(=O)c1ccc(S(=O)(=O)N2CCC3CCC(C2)N3)cc1. The van der Waals surface area contributed by atoms with Crippen LogP contribution >= 0.6 is 0 Å². The number of fused-ring (bicyclic) bond motifs is 2. The molecule has 2 aliphatic rings. The molecule has 0 radical (unpaired) electrons. The number of benzene rings is 1. The number of sulfonamides is 1. The highest BCUT2D eigenvalue weighted by atomic mass is 32.2. The van der Waals surface area contributed by atoms with Gasteiger partial charge >= 0.3 is 0 Å². The van der Waals surface area contributed by atoms with Crippen LogP contribution in [-0.4, -0.2) is 62.8 Å². The van der Waals surface area contributed by atoms with Gasteiger partial charge in [-0.15, -0.1) is 0 Å². The fourth-order valence-corrected chi connectivity index (χ4v) is 4.81. The van der Waals surface area contributed by atoms with Crippen LogP contribution < -0.4 is 5.32 Å². The van der Waals surface area contributed by atoms with E-state index in [1.54, 1.807) is 30.5 Å². The first-order chi connectivity index (χ1) is 10.9. The van der Waals surface area contributed by atoms with E-state index in [2.05, 4.69) is 5.32 Å². The van der Waals surface area contributed by atoms with Crippen molar-refractivity contribution in [2.24, 2.45) is 0 Å². The highest BCUT2D eigenvalue weighted by Crippen LogP contribution is 2.25. The number of nitrogens with one attached hydrogen (secondary N) is 1. The summed E-state index contributed by atoms with van der Waals surface area (Å²) in [6, 6.07) is 6.92. The van der Waals surface area contributed by atoms with Crippen LogP contribution in [0.4, 0.5) is 0 Å². The standard InChI is InChI=1S/C16H23N3O3S/c1-18(2)16(20)12-3-7-15(8-4-12)23(21,22)19-10-9-13-5-6-14(11-19)17-13/h3-4,7-8,13-14,17H,5-6,9-11H2,1-2H3. The molecule has 0 saturated carbocycles. The predicted molar refractivity (Wildman–Crippen MR) is 87.8 cm³/mol. The fraction of sp³-hybridized carbons (Fsp3) is 0.562. The Hall–Kier alpha value is -1.44. The minimum absolute atomic E-state index is 0.134. The Morgan fingerprint density at radius 3 is 2.43 bits per heavy atom. The lowest BCUT2D eigenvalue weighted by Crippen LogP contribution is -2.39. The van der Waals surface area contributed by atoms with Crippen molar-refractivity contribution >= 4 is 15.9 Å². The van der Waals surface area contributed by atoms with Crippen LogP contribution in [0.2, 0.25) is 0 Å². The molecule has 1 aromatic carbocycles. The molecule has 2 bridgehead atoms. The molecule has 2 unspecified atom stereocenters. The lowest BCUT2D eigenvalue weighted by atomic mass is 10.1. The van der Waals surface area contributed by atoms with Crippen LogP contribution in [0.3, 0.4) is 0 Å². The third-order valence-corrected chi connectivity index (χ3v) is 6.51. The third kappa shape index (κ3) is 3.27. The van der Waals surface area contributed by atoms with Gasteiger partial charge in [-0.05, 0) is 43.5 Å². The monoisotopic (exact) mass is 337 g/mol. The minimum Gasteiger partial charge on any atom is -0.345 e. The third-order valence-electron chi connectivity index (χ3n) is 4.63. The topological polar surface area (TPSA) is 69.7 Å². The van der Waals surface area contributed by atoms with Gasteiger partial charge in [-0.2, -0.15) is 4.31 Å².